The first kappa shape index (κ1) is 29.6. The molecule has 0 unspecified atom stereocenters. The van der Waals surface area contributed by atoms with E-state index < -0.39 is 32.7 Å². The molecule has 214 valence electrons. The Morgan fingerprint density at radius 1 is 1.08 bits per heavy atom. The topological polar surface area (TPSA) is 69.7 Å². The molecule has 1 aliphatic carbocycles. The number of likely N-dealkylation sites (tertiary alicyclic amines) is 1. The molecule has 0 saturated carbocycles. The van der Waals surface area contributed by atoms with Crippen LogP contribution in [0.3, 0.4) is 0 Å². The number of carbonyl (C=O) groups excluding carboxylic acids is 1. The lowest BCUT2D eigenvalue weighted by Gasteiger charge is -2.30. The van der Waals surface area contributed by atoms with Crippen molar-refractivity contribution in [2.45, 2.75) is 88.5 Å². The average molecular weight is 566 g/mol. The van der Waals surface area contributed by atoms with Crippen molar-refractivity contribution in [3.63, 3.8) is 0 Å². The summed E-state index contributed by atoms with van der Waals surface area (Å²) in [4.78, 5) is 15.0. The lowest BCUT2D eigenvalue weighted by Crippen LogP contribution is -2.40. The summed E-state index contributed by atoms with van der Waals surface area (Å²) in [7, 11) is -4.23. The number of benzene rings is 2. The monoisotopic (exact) mass is 565 g/mol. The first-order valence-electron chi connectivity index (χ1n) is 13.8. The second-order valence-corrected chi connectivity index (χ2v) is 12.8. The molecule has 1 amide bonds. The zero-order valence-electron chi connectivity index (χ0n) is 22.6. The highest BCUT2D eigenvalue weighted by Crippen LogP contribution is 2.33. The van der Waals surface area contributed by atoms with Crippen LogP contribution in [0.25, 0.3) is 0 Å². The Hall–Kier alpha value is -2.43. The maximum absolute atomic E-state index is 13.2. The molecular weight excluding hydrogens is 527 g/mol. The highest BCUT2D eigenvalue weighted by atomic mass is 32.2. The van der Waals surface area contributed by atoms with E-state index in [9.17, 15) is 26.4 Å². The maximum Gasteiger partial charge on any atom is 0.416 e. The van der Waals surface area contributed by atoms with Gasteiger partial charge >= 0.3 is 6.18 Å². The van der Waals surface area contributed by atoms with Crippen LogP contribution in [0.4, 0.5) is 13.2 Å². The SMILES string of the molecule is CC(C)N(CCC(=O)N[C@@H]1CCCc2cc(CN3CCCCC3)ccc21)S(=O)(=O)c1cccc(C(F)(F)F)c1. The zero-order valence-corrected chi connectivity index (χ0v) is 23.5. The van der Waals surface area contributed by atoms with Crippen molar-refractivity contribution < 1.29 is 26.4 Å². The molecule has 10 heteroatoms. The Morgan fingerprint density at radius 3 is 2.51 bits per heavy atom. The van der Waals surface area contributed by atoms with E-state index in [1.165, 1.54) is 30.4 Å². The van der Waals surface area contributed by atoms with E-state index in [1.807, 2.05) is 0 Å². The Labute approximate surface area is 229 Å². The first-order valence-corrected chi connectivity index (χ1v) is 15.2. The fourth-order valence-corrected chi connectivity index (χ4v) is 7.28. The normalized spacial score (nSPS) is 18.8. The average Bonchev–Trinajstić information content (AvgIpc) is 2.89. The zero-order chi connectivity index (χ0) is 28.2. The van der Waals surface area contributed by atoms with E-state index >= 15 is 0 Å². The van der Waals surface area contributed by atoms with Gasteiger partial charge < -0.3 is 5.32 Å². The number of amides is 1. The first-order chi connectivity index (χ1) is 18.4. The molecule has 4 rings (SSSR count). The van der Waals surface area contributed by atoms with Gasteiger partial charge in [-0.3, -0.25) is 9.69 Å². The van der Waals surface area contributed by atoms with Gasteiger partial charge in [0, 0.05) is 25.6 Å². The number of carbonyl (C=O) groups is 1. The molecule has 1 N–H and O–H groups in total. The molecule has 39 heavy (non-hydrogen) atoms. The minimum Gasteiger partial charge on any atom is -0.349 e. The quantitative estimate of drug-likeness (QED) is 0.425. The second kappa shape index (κ2) is 12.4. The molecule has 6 nitrogen and oxygen atoms in total. The van der Waals surface area contributed by atoms with Crippen LogP contribution in [0.5, 0.6) is 0 Å². The molecule has 0 spiro atoms. The number of hydrogen-bond donors (Lipinski definition) is 1. The highest BCUT2D eigenvalue weighted by molar-refractivity contribution is 7.89. The Morgan fingerprint density at radius 2 is 1.82 bits per heavy atom. The fourth-order valence-electron chi connectivity index (χ4n) is 5.59. The lowest BCUT2D eigenvalue weighted by atomic mass is 9.86. The molecule has 1 aliphatic heterocycles. The summed E-state index contributed by atoms with van der Waals surface area (Å²) < 4.78 is 67.0. The van der Waals surface area contributed by atoms with Gasteiger partial charge in [-0.25, -0.2) is 8.42 Å². The number of alkyl halides is 3. The molecule has 1 heterocycles. The Kier molecular flexibility index (Phi) is 9.39. The third kappa shape index (κ3) is 7.41. The van der Waals surface area contributed by atoms with Gasteiger partial charge in [0.05, 0.1) is 16.5 Å². The third-order valence-electron chi connectivity index (χ3n) is 7.61. The molecule has 0 bridgehead atoms. The minimum atomic E-state index is -4.65. The van der Waals surface area contributed by atoms with E-state index in [-0.39, 0.29) is 24.9 Å². The summed E-state index contributed by atoms with van der Waals surface area (Å²) in [6.07, 6.45) is 1.77. The molecule has 1 atom stereocenters. The number of aryl methyl sites for hydroxylation is 1. The predicted molar refractivity (Wildman–Crippen MR) is 144 cm³/mol. The van der Waals surface area contributed by atoms with Crippen molar-refractivity contribution in [3.8, 4) is 0 Å². The third-order valence-corrected chi connectivity index (χ3v) is 9.69. The number of halogens is 3. The van der Waals surface area contributed by atoms with Crippen molar-refractivity contribution in [2.75, 3.05) is 19.6 Å². The number of sulfonamides is 1. The summed E-state index contributed by atoms with van der Waals surface area (Å²) in [5, 5.41) is 3.07. The number of hydrogen-bond acceptors (Lipinski definition) is 4. The van der Waals surface area contributed by atoms with E-state index in [2.05, 4.69) is 28.4 Å². The standard InChI is InChI=1S/C29H38F3N3O3S/c1-21(2)35(39(37,38)25-10-7-9-24(19-25)29(30,31)32)17-14-28(36)33-27-11-6-8-23-18-22(12-13-26(23)27)20-34-15-4-3-5-16-34/h7,9-10,12-13,18-19,21,27H,3-6,8,11,14-17,20H2,1-2H3,(H,33,36)/t27-/m1/s1. The molecule has 2 aromatic carbocycles. The van der Waals surface area contributed by atoms with Crippen molar-refractivity contribution in [1.29, 1.82) is 0 Å². The predicted octanol–water partition coefficient (Wildman–Crippen LogP) is 5.67. The highest BCUT2D eigenvalue weighted by Gasteiger charge is 2.34. The van der Waals surface area contributed by atoms with E-state index in [0.29, 0.717) is 6.07 Å². The molecular formula is C29H38F3N3O3S. The summed E-state index contributed by atoms with van der Waals surface area (Å²) in [5.41, 5.74) is 2.61. The summed E-state index contributed by atoms with van der Waals surface area (Å²) >= 11 is 0. The van der Waals surface area contributed by atoms with Gasteiger partial charge in [0.15, 0.2) is 0 Å². The number of nitrogens with one attached hydrogen (secondary N) is 1. The van der Waals surface area contributed by atoms with Gasteiger partial charge in [0.1, 0.15) is 0 Å². The summed E-state index contributed by atoms with van der Waals surface area (Å²) in [6.45, 7) is 6.36. The van der Waals surface area contributed by atoms with Crippen LogP contribution in [-0.4, -0.2) is 49.2 Å². The van der Waals surface area contributed by atoms with Crippen LogP contribution < -0.4 is 5.32 Å². The van der Waals surface area contributed by atoms with Gasteiger partial charge in [-0.2, -0.15) is 17.5 Å². The maximum atomic E-state index is 13.2. The molecule has 1 fully saturated rings. The Balaban J connectivity index is 1.40. The molecule has 2 aromatic rings. The number of fused-ring (bicyclic) bond motifs is 1. The fraction of sp³-hybridized carbons (Fsp3) is 0.552. The van der Waals surface area contributed by atoms with E-state index in [0.717, 1.165) is 67.0 Å². The van der Waals surface area contributed by atoms with Crippen molar-refractivity contribution in [2.24, 2.45) is 0 Å². The van der Waals surface area contributed by atoms with Crippen LogP contribution in [0.15, 0.2) is 47.4 Å². The summed E-state index contributed by atoms with van der Waals surface area (Å²) in [5.74, 6) is -0.282. The van der Waals surface area contributed by atoms with Gasteiger partial charge in [-0.05, 0) is 93.9 Å². The lowest BCUT2D eigenvalue weighted by molar-refractivity contribution is -0.137. The van der Waals surface area contributed by atoms with Crippen LogP contribution >= 0.6 is 0 Å². The molecule has 2 aliphatic rings. The molecule has 0 radical (unpaired) electrons. The smallest absolute Gasteiger partial charge is 0.349 e. The van der Waals surface area contributed by atoms with Crippen molar-refractivity contribution in [1.82, 2.24) is 14.5 Å². The van der Waals surface area contributed by atoms with Crippen LogP contribution in [0.2, 0.25) is 0 Å². The van der Waals surface area contributed by atoms with E-state index in [4.69, 9.17) is 0 Å². The van der Waals surface area contributed by atoms with E-state index in [1.54, 1.807) is 13.8 Å². The Bertz CT molecular complexity index is 1260. The minimum absolute atomic E-state index is 0.0880. The molecule has 1 saturated heterocycles. The second-order valence-electron chi connectivity index (χ2n) is 10.9. The van der Waals surface area contributed by atoms with Gasteiger partial charge in [-0.1, -0.05) is 30.7 Å². The van der Waals surface area contributed by atoms with Crippen LogP contribution in [-0.2, 0) is 34.0 Å². The van der Waals surface area contributed by atoms with Crippen LogP contribution in [0.1, 0.15) is 80.7 Å². The van der Waals surface area contributed by atoms with Crippen LogP contribution in [0, 0.1) is 0 Å². The molecule has 0 aromatic heterocycles. The number of rotatable bonds is 9. The van der Waals surface area contributed by atoms with Crippen molar-refractivity contribution in [3.05, 3.63) is 64.7 Å². The number of nitrogens with zero attached hydrogens (tertiary/aromatic N) is 2. The summed E-state index contributed by atoms with van der Waals surface area (Å²) in [6, 6.07) is 9.54. The van der Waals surface area contributed by atoms with Gasteiger partial charge in [0.25, 0.3) is 0 Å². The largest absolute Gasteiger partial charge is 0.416 e. The van der Waals surface area contributed by atoms with Crippen molar-refractivity contribution >= 4 is 15.9 Å². The number of piperidine rings is 1. The van der Waals surface area contributed by atoms with Gasteiger partial charge in [-0.15, -0.1) is 0 Å². The van der Waals surface area contributed by atoms with Gasteiger partial charge in [0.2, 0.25) is 15.9 Å².